The topological polar surface area (TPSA) is 113 Å². The molecule has 1 atom stereocenters. The van der Waals surface area contributed by atoms with Crippen LogP contribution in [0.5, 0.6) is 0 Å². The summed E-state index contributed by atoms with van der Waals surface area (Å²) in [5.41, 5.74) is 0. The zero-order chi connectivity index (χ0) is 9.49. The molecule has 0 heterocycles. The Bertz CT molecular complexity index is 149. The predicted molar refractivity (Wildman–Crippen MR) is 35.9 cm³/mol. The van der Waals surface area contributed by atoms with Crippen molar-refractivity contribution in [2.75, 3.05) is 14.2 Å². The minimum atomic E-state index is -4.15. The molecule has 0 aromatic carbocycles. The fourth-order valence-corrected chi connectivity index (χ4v) is 0. The van der Waals surface area contributed by atoms with Crippen molar-refractivity contribution in [3.05, 3.63) is 0 Å². The zero-order valence-electron chi connectivity index (χ0n) is 5.87. The van der Waals surface area contributed by atoms with Crippen molar-refractivity contribution < 1.29 is 32.9 Å². The lowest BCUT2D eigenvalue weighted by molar-refractivity contribution is 0.235. The maximum atomic E-state index is 9.47. The second-order valence-corrected chi connectivity index (χ2v) is 3.28. The Morgan fingerprint density at radius 1 is 1.36 bits per heavy atom. The molecule has 0 aliphatic rings. The molecule has 68 valence electrons. The first-order valence-electron chi connectivity index (χ1n) is 2.15. The molecular formula is C2H9O7P2+. The lowest BCUT2D eigenvalue weighted by Crippen LogP contribution is -1.76. The van der Waals surface area contributed by atoms with Crippen LogP contribution in [0.15, 0.2) is 0 Å². The fourth-order valence-electron chi connectivity index (χ4n) is 0. The standard InChI is InChI=1S/CH5O4P.CH3O3P/c1-5-6(2,3)4;1-4-5(2)3/h1H3,(H2,2,3,4);1H3/p+1. The van der Waals surface area contributed by atoms with E-state index in [2.05, 4.69) is 9.05 Å². The summed E-state index contributed by atoms with van der Waals surface area (Å²) in [5.74, 6) is 0. The maximum absolute atomic E-state index is 9.47. The summed E-state index contributed by atoms with van der Waals surface area (Å²) in [4.78, 5) is 23.1. The van der Waals surface area contributed by atoms with Gasteiger partial charge < -0.3 is 9.79 Å². The van der Waals surface area contributed by atoms with Crippen LogP contribution in [0.1, 0.15) is 0 Å². The summed E-state index contributed by atoms with van der Waals surface area (Å²) in [6, 6.07) is 0. The van der Waals surface area contributed by atoms with Gasteiger partial charge in [-0.05, 0) is 0 Å². The summed E-state index contributed by atoms with van der Waals surface area (Å²) >= 11 is 0. The molecule has 0 rings (SSSR count). The third kappa shape index (κ3) is 25.4. The predicted octanol–water partition coefficient (Wildman–Crippen LogP) is 0.00800. The Morgan fingerprint density at radius 2 is 1.55 bits per heavy atom. The van der Waals surface area contributed by atoms with E-state index in [1.807, 2.05) is 0 Å². The van der Waals surface area contributed by atoms with Crippen molar-refractivity contribution in [2.45, 2.75) is 0 Å². The quantitative estimate of drug-likeness (QED) is 0.546. The van der Waals surface area contributed by atoms with E-state index in [9.17, 15) is 9.13 Å². The Hall–Kier alpha value is 0.130. The molecule has 1 unspecified atom stereocenters. The molecule has 0 radical (unpaired) electrons. The van der Waals surface area contributed by atoms with E-state index in [-0.39, 0.29) is 0 Å². The molecule has 0 amide bonds. The highest BCUT2D eigenvalue weighted by Crippen LogP contribution is 2.33. The van der Waals surface area contributed by atoms with Crippen LogP contribution in [0.25, 0.3) is 0 Å². The molecular weight excluding hydrogens is 198 g/mol. The first-order valence-corrected chi connectivity index (χ1v) is 4.81. The second-order valence-electron chi connectivity index (χ2n) is 1.09. The van der Waals surface area contributed by atoms with E-state index in [1.54, 1.807) is 0 Å². The number of rotatable bonds is 2. The van der Waals surface area contributed by atoms with Gasteiger partial charge in [-0.15, -0.1) is 9.42 Å². The lowest BCUT2D eigenvalue weighted by Gasteiger charge is -1.93. The molecule has 0 bridgehead atoms. The number of phosphoric ester groups is 1. The van der Waals surface area contributed by atoms with Gasteiger partial charge in [0, 0.05) is 11.7 Å². The SMILES string of the molecule is COP(=O)(O)O.CO[P+](=O)O. The van der Waals surface area contributed by atoms with Gasteiger partial charge in [0.25, 0.3) is 0 Å². The van der Waals surface area contributed by atoms with Gasteiger partial charge in [0.2, 0.25) is 0 Å². The summed E-state index contributed by atoms with van der Waals surface area (Å²) in [6.07, 6.45) is 0. The molecule has 0 spiro atoms. The molecule has 0 saturated carbocycles. The van der Waals surface area contributed by atoms with Gasteiger partial charge in [0.15, 0.2) is 0 Å². The van der Waals surface area contributed by atoms with Crippen LogP contribution < -0.4 is 0 Å². The molecule has 0 aromatic rings. The molecule has 11 heavy (non-hydrogen) atoms. The van der Waals surface area contributed by atoms with E-state index >= 15 is 0 Å². The normalized spacial score (nSPS) is 11.5. The highest BCUT2D eigenvalue weighted by Gasteiger charge is 2.07. The Balaban J connectivity index is 0. The third-order valence-electron chi connectivity index (χ3n) is 0.394. The van der Waals surface area contributed by atoms with Crippen molar-refractivity contribution in [3.63, 3.8) is 0 Å². The van der Waals surface area contributed by atoms with Crippen LogP contribution in [-0.2, 0) is 18.2 Å². The Kier molecular flexibility index (Phi) is 8.49. The maximum Gasteiger partial charge on any atom is 0.694 e. The van der Waals surface area contributed by atoms with Crippen molar-refractivity contribution in [3.8, 4) is 0 Å². The molecule has 0 saturated heterocycles. The van der Waals surface area contributed by atoms with E-state index in [4.69, 9.17) is 14.7 Å². The van der Waals surface area contributed by atoms with Gasteiger partial charge in [0.05, 0.1) is 7.11 Å². The van der Waals surface area contributed by atoms with E-state index in [0.717, 1.165) is 7.11 Å². The highest BCUT2D eigenvalue weighted by molar-refractivity contribution is 7.46. The summed E-state index contributed by atoms with van der Waals surface area (Å²) < 4.78 is 26.2. The monoisotopic (exact) mass is 207 g/mol. The highest BCUT2D eigenvalue weighted by atomic mass is 31.2. The molecule has 7 nitrogen and oxygen atoms in total. The van der Waals surface area contributed by atoms with Crippen LogP contribution in [0.3, 0.4) is 0 Å². The molecule has 3 N–H and O–H groups in total. The van der Waals surface area contributed by atoms with Gasteiger partial charge in [-0.1, -0.05) is 0 Å². The van der Waals surface area contributed by atoms with Crippen LogP contribution in [0.4, 0.5) is 0 Å². The van der Waals surface area contributed by atoms with E-state index in [0.29, 0.717) is 0 Å². The van der Waals surface area contributed by atoms with Crippen molar-refractivity contribution in [2.24, 2.45) is 0 Å². The first kappa shape index (κ1) is 13.7. The van der Waals surface area contributed by atoms with Crippen LogP contribution in [-0.4, -0.2) is 28.9 Å². The van der Waals surface area contributed by atoms with Crippen LogP contribution in [0, 0.1) is 0 Å². The minimum absolute atomic E-state index is 0.945. The summed E-state index contributed by atoms with van der Waals surface area (Å²) in [5, 5.41) is 0. The lowest BCUT2D eigenvalue weighted by atomic mass is 11.8. The molecule has 0 aliphatic carbocycles. The van der Waals surface area contributed by atoms with Crippen LogP contribution in [0.2, 0.25) is 0 Å². The summed E-state index contributed by atoms with van der Waals surface area (Å²) in [7, 11) is -4.38. The van der Waals surface area contributed by atoms with Crippen LogP contribution >= 0.6 is 16.1 Å². The average Bonchev–Trinajstić information content (AvgIpc) is 1.88. The van der Waals surface area contributed by atoms with Crippen molar-refractivity contribution in [1.29, 1.82) is 0 Å². The number of hydrogen-bond donors (Lipinski definition) is 3. The van der Waals surface area contributed by atoms with E-state index < -0.39 is 16.1 Å². The van der Waals surface area contributed by atoms with Crippen molar-refractivity contribution in [1.82, 2.24) is 0 Å². The fraction of sp³-hybridized carbons (Fsp3) is 1.00. The van der Waals surface area contributed by atoms with Gasteiger partial charge in [-0.25, -0.2) is 4.57 Å². The van der Waals surface area contributed by atoms with E-state index in [1.165, 1.54) is 7.11 Å². The number of phosphoric acid groups is 1. The third-order valence-corrected chi connectivity index (χ3v) is 1.18. The average molecular weight is 207 g/mol. The van der Waals surface area contributed by atoms with Crippen molar-refractivity contribution >= 4 is 16.1 Å². The Morgan fingerprint density at radius 3 is 1.55 bits per heavy atom. The van der Waals surface area contributed by atoms with Gasteiger partial charge >= 0.3 is 16.1 Å². The smallest absolute Gasteiger partial charge is 0.303 e. The second kappa shape index (κ2) is 6.82. The largest absolute Gasteiger partial charge is 0.694 e. The summed E-state index contributed by atoms with van der Waals surface area (Å²) in [6.45, 7) is 0. The molecule has 0 aliphatic heterocycles. The van der Waals surface area contributed by atoms with Gasteiger partial charge in [0.1, 0.15) is 0 Å². The zero-order valence-corrected chi connectivity index (χ0v) is 7.66. The number of hydrogen-bond acceptors (Lipinski definition) is 4. The molecule has 9 heteroatoms. The first-order chi connectivity index (χ1) is 4.83. The molecule has 0 aromatic heterocycles. The molecule has 0 fully saturated rings. The van der Waals surface area contributed by atoms with Gasteiger partial charge in [-0.3, -0.25) is 4.52 Å². The Labute approximate surface area is 64.1 Å². The minimum Gasteiger partial charge on any atom is -0.303 e. The van der Waals surface area contributed by atoms with Gasteiger partial charge in [-0.2, -0.15) is 0 Å².